The Morgan fingerprint density at radius 1 is 1.42 bits per heavy atom. The lowest BCUT2D eigenvalue weighted by Crippen LogP contribution is -2.46. The molecule has 0 aliphatic carbocycles. The van der Waals surface area contributed by atoms with Gasteiger partial charge in [0.15, 0.2) is 5.96 Å². The van der Waals surface area contributed by atoms with Crippen molar-refractivity contribution in [3.05, 3.63) is 0 Å². The van der Waals surface area contributed by atoms with Gasteiger partial charge in [0.2, 0.25) is 0 Å². The highest BCUT2D eigenvalue weighted by molar-refractivity contribution is 5.77. The lowest BCUT2D eigenvalue weighted by Gasteiger charge is -2.35. The third-order valence-corrected chi connectivity index (χ3v) is 2.42. The van der Waals surface area contributed by atoms with Gasteiger partial charge in [-0.1, -0.05) is 20.8 Å². The number of guanidine groups is 1. The number of aliphatic imine (C=N–C) groups is 1. The predicted molar refractivity (Wildman–Crippen MR) is 54.2 cm³/mol. The normalized spacial score (nSPS) is 16.0. The molecule has 0 saturated heterocycles. The van der Waals surface area contributed by atoms with Gasteiger partial charge >= 0.3 is 0 Å². The highest BCUT2D eigenvalue weighted by Gasteiger charge is 2.24. The molecule has 3 nitrogen and oxygen atoms in total. The van der Waals surface area contributed by atoms with E-state index in [0.717, 1.165) is 0 Å². The van der Waals surface area contributed by atoms with Crippen molar-refractivity contribution in [1.29, 1.82) is 0 Å². The molecule has 0 aromatic rings. The largest absolute Gasteiger partial charge is 0.370 e. The molecule has 0 fully saturated rings. The van der Waals surface area contributed by atoms with Crippen LogP contribution in [0.25, 0.3) is 0 Å². The summed E-state index contributed by atoms with van der Waals surface area (Å²) < 4.78 is 0. The third-order valence-electron chi connectivity index (χ3n) is 2.42. The summed E-state index contributed by atoms with van der Waals surface area (Å²) in [5, 5.41) is 0. The molecule has 0 aromatic carbocycles. The Morgan fingerprint density at radius 3 is 2.08 bits per heavy atom. The molecule has 0 rings (SSSR count). The number of rotatable bonds is 1. The summed E-state index contributed by atoms with van der Waals surface area (Å²) >= 11 is 0. The minimum absolute atomic E-state index is 0.226. The average Bonchev–Trinajstić information content (AvgIpc) is 1.98. The van der Waals surface area contributed by atoms with Gasteiger partial charge in [-0.25, -0.2) is 0 Å². The summed E-state index contributed by atoms with van der Waals surface area (Å²) in [6.07, 6.45) is 0. The molecule has 1 unspecified atom stereocenters. The highest BCUT2D eigenvalue weighted by Crippen LogP contribution is 2.22. The van der Waals surface area contributed by atoms with Crippen molar-refractivity contribution in [2.45, 2.75) is 33.7 Å². The van der Waals surface area contributed by atoms with Gasteiger partial charge in [-0.15, -0.1) is 0 Å². The topological polar surface area (TPSA) is 41.6 Å². The minimum Gasteiger partial charge on any atom is -0.370 e. The van der Waals surface area contributed by atoms with Gasteiger partial charge in [-0.3, -0.25) is 4.99 Å². The zero-order valence-corrected chi connectivity index (χ0v) is 9.05. The van der Waals surface area contributed by atoms with Crippen molar-refractivity contribution < 1.29 is 0 Å². The molecule has 2 N–H and O–H groups in total. The first-order chi connectivity index (χ1) is 5.30. The summed E-state index contributed by atoms with van der Waals surface area (Å²) in [5.41, 5.74) is 5.92. The Hall–Kier alpha value is -0.730. The summed E-state index contributed by atoms with van der Waals surface area (Å²) in [5.74, 6) is 0.595. The van der Waals surface area contributed by atoms with E-state index in [0.29, 0.717) is 12.0 Å². The lowest BCUT2D eigenvalue weighted by atomic mass is 9.87. The third kappa shape index (κ3) is 2.72. The second-order valence-electron chi connectivity index (χ2n) is 4.23. The first kappa shape index (κ1) is 11.3. The molecule has 0 radical (unpaired) electrons. The van der Waals surface area contributed by atoms with Crippen molar-refractivity contribution in [1.82, 2.24) is 4.90 Å². The smallest absolute Gasteiger partial charge is 0.190 e. The molecule has 0 aliphatic rings. The standard InChI is InChI=1S/C9H21N3/c1-7(9(2,3)4)12(6)8(10)11-5/h7H,1-6H3,(H2,10,11). The van der Waals surface area contributed by atoms with Crippen LogP contribution in [0.1, 0.15) is 27.7 Å². The van der Waals surface area contributed by atoms with E-state index in [1.807, 2.05) is 11.9 Å². The van der Waals surface area contributed by atoms with E-state index in [4.69, 9.17) is 5.73 Å². The predicted octanol–water partition coefficient (Wildman–Crippen LogP) is 1.30. The molecule has 0 spiro atoms. The van der Waals surface area contributed by atoms with Crippen molar-refractivity contribution in [2.24, 2.45) is 16.1 Å². The maximum Gasteiger partial charge on any atom is 0.190 e. The first-order valence-corrected chi connectivity index (χ1v) is 4.25. The van der Waals surface area contributed by atoms with Crippen LogP contribution in [0.2, 0.25) is 0 Å². The maximum absolute atomic E-state index is 5.69. The Bertz CT molecular complexity index is 167. The Labute approximate surface area is 75.7 Å². The molecule has 0 heterocycles. The van der Waals surface area contributed by atoms with Gasteiger partial charge < -0.3 is 10.6 Å². The SMILES string of the molecule is CN=C(N)N(C)C(C)C(C)(C)C. The van der Waals surface area contributed by atoms with Crippen molar-refractivity contribution >= 4 is 5.96 Å². The summed E-state index contributed by atoms with van der Waals surface area (Å²) in [7, 11) is 3.68. The van der Waals surface area contributed by atoms with Gasteiger partial charge in [0.1, 0.15) is 0 Å². The molecule has 1 atom stereocenters. The second-order valence-corrected chi connectivity index (χ2v) is 4.23. The molecule has 72 valence electrons. The van der Waals surface area contributed by atoms with Crippen LogP contribution in [-0.4, -0.2) is 31.0 Å². The fraction of sp³-hybridized carbons (Fsp3) is 0.889. The zero-order chi connectivity index (χ0) is 9.94. The van der Waals surface area contributed by atoms with Crippen LogP contribution >= 0.6 is 0 Å². The Kier molecular flexibility index (Phi) is 3.55. The van der Waals surface area contributed by atoms with E-state index in [-0.39, 0.29) is 5.41 Å². The van der Waals surface area contributed by atoms with Gasteiger partial charge in [0.25, 0.3) is 0 Å². The highest BCUT2D eigenvalue weighted by atomic mass is 15.3. The van der Waals surface area contributed by atoms with Crippen LogP contribution in [0.5, 0.6) is 0 Å². The molecule has 0 aliphatic heterocycles. The minimum atomic E-state index is 0.226. The van der Waals surface area contributed by atoms with Crippen LogP contribution in [0.3, 0.4) is 0 Å². The van der Waals surface area contributed by atoms with E-state index in [2.05, 4.69) is 32.7 Å². The first-order valence-electron chi connectivity index (χ1n) is 4.25. The van der Waals surface area contributed by atoms with E-state index < -0.39 is 0 Å². The van der Waals surface area contributed by atoms with E-state index in [9.17, 15) is 0 Å². The molecule has 0 aromatic heterocycles. The monoisotopic (exact) mass is 171 g/mol. The van der Waals surface area contributed by atoms with Gasteiger partial charge in [-0.05, 0) is 12.3 Å². The molecule has 0 saturated carbocycles. The number of nitrogens with two attached hydrogens (primary N) is 1. The molecule has 0 bridgehead atoms. The van der Waals surface area contributed by atoms with Crippen LogP contribution in [0.4, 0.5) is 0 Å². The Morgan fingerprint density at radius 2 is 1.83 bits per heavy atom. The van der Waals surface area contributed by atoms with Crippen LogP contribution in [0.15, 0.2) is 4.99 Å². The fourth-order valence-electron chi connectivity index (χ4n) is 0.937. The molecular weight excluding hydrogens is 150 g/mol. The van der Waals surface area contributed by atoms with Gasteiger partial charge in [0, 0.05) is 20.1 Å². The fourth-order valence-corrected chi connectivity index (χ4v) is 0.937. The maximum atomic E-state index is 5.69. The summed E-state index contributed by atoms with van der Waals surface area (Å²) in [6.45, 7) is 8.73. The van der Waals surface area contributed by atoms with Crippen LogP contribution in [0, 0.1) is 5.41 Å². The van der Waals surface area contributed by atoms with Crippen molar-refractivity contribution in [2.75, 3.05) is 14.1 Å². The van der Waals surface area contributed by atoms with Gasteiger partial charge in [-0.2, -0.15) is 0 Å². The van der Waals surface area contributed by atoms with Crippen LogP contribution < -0.4 is 5.73 Å². The van der Waals surface area contributed by atoms with E-state index in [1.54, 1.807) is 7.05 Å². The van der Waals surface area contributed by atoms with Gasteiger partial charge in [0.05, 0.1) is 0 Å². The van der Waals surface area contributed by atoms with E-state index in [1.165, 1.54) is 0 Å². The molecular formula is C9H21N3. The summed E-state index contributed by atoms with van der Waals surface area (Å²) in [6, 6.07) is 0.390. The molecule has 12 heavy (non-hydrogen) atoms. The molecule has 3 heteroatoms. The number of nitrogens with zero attached hydrogens (tertiary/aromatic N) is 2. The zero-order valence-electron chi connectivity index (χ0n) is 9.05. The van der Waals surface area contributed by atoms with Crippen molar-refractivity contribution in [3.63, 3.8) is 0 Å². The Balaban J connectivity index is 4.40. The average molecular weight is 171 g/mol. The lowest BCUT2D eigenvalue weighted by molar-refractivity contribution is 0.206. The van der Waals surface area contributed by atoms with E-state index >= 15 is 0 Å². The van der Waals surface area contributed by atoms with Crippen molar-refractivity contribution in [3.8, 4) is 0 Å². The number of hydrogen-bond donors (Lipinski definition) is 1. The summed E-state index contributed by atoms with van der Waals surface area (Å²) in [4.78, 5) is 5.94. The van der Waals surface area contributed by atoms with Crippen LogP contribution in [-0.2, 0) is 0 Å². The second kappa shape index (κ2) is 3.78. The molecule has 0 amide bonds. The quantitative estimate of drug-likeness (QED) is 0.477. The number of hydrogen-bond acceptors (Lipinski definition) is 1.